The van der Waals surface area contributed by atoms with Gasteiger partial charge < -0.3 is 14.7 Å². The van der Waals surface area contributed by atoms with Gasteiger partial charge in [0, 0.05) is 13.0 Å². The fraction of sp³-hybridized carbons (Fsp3) is 0.367. The lowest BCUT2D eigenvalue weighted by atomic mass is 9.90. The second-order valence-electron chi connectivity index (χ2n) is 9.30. The van der Waals surface area contributed by atoms with Crippen molar-refractivity contribution in [1.29, 1.82) is 0 Å². The smallest absolute Gasteiger partial charge is 0.166 e. The van der Waals surface area contributed by atoms with Crippen molar-refractivity contribution in [2.45, 2.75) is 38.2 Å². The molecule has 0 bridgehead atoms. The average molecular weight is 494 g/mol. The maximum Gasteiger partial charge on any atom is 0.166 e. The first-order chi connectivity index (χ1) is 16.7. The van der Waals surface area contributed by atoms with E-state index in [1.165, 1.54) is 5.56 Å². The minimum Gasteiger partial charge on any atom is -0.490 e. The van der Waals surface area contributed by atoms with Crippen molar-refractivity contribution in [3.05, 3.63) is 102 Å². The molecular weight excluding hydrogens is 458 g/mol. The molecular formula is C30H36ClNO3. The van der Waals surface area contributed by atoms with Gasteiger partial charge in [0.05, 0.1) is 5.56 Å². The summed E-state index contributed by atoms with van der Waals surface area (Å²) in [7, 11) is 0. The number of halogens is 1. The fourth-order valence-electron chi connectivity index (χ4n) is 4.72. The van der Waals surface area contributed by atoms with Gasteiger partial charge in [0.15, 0.2) is 5.78 Å². The third-order valence-corrected chi connectivity index (χ3v) is 6.65. The summed E-state index contributed by atoms with van der Waals surface area (Å²) in [6, 6.07) is 28.1. The number of piperidine rings is 1. The molecule has 35 heavy (non-hydrogen) atoms. The fourth-order valence-corrected chi connectivity index (χ4v) is 4.72. The molecule has 1 heterocycles. The van der Waals surface area contributed by atoms with Crippen molar-refractivity contribution in [2.75, 3.05) is 26.2 Å². The van der Waals surface area contributed by atoms with Crippen molar-refractivity contribution < 1.29 is 14.6 Å². The van der Waals surface area contributed by atoms with Crippen LogP contribution in [-0.4, -0.2) is 48.1 Å². The molecule has 0 amide bonds. The largest absolute Gasteiger partial charge is 0.490 e. The molecule has 186 valence electrons. The number of carbonyl (C=O) groups excluding carboxylic acids is 1. The van der Waals surface area contributed by atoms with Gasteiger partial charge in [-0.15, -0.1) is 12.4 Å². The molecule has 4 rings (SSSR count). The van der Waals surface area contributed by atoms with Gasteiger partial charge in [-0.2, -0.15) is 0 Å². The molecule has 1 fully saturated rings. The molecule has 0 saturated carbocycles. The number of hydrogen-bond donors (Lipinski definition) is 1. The Morgan fingerprint density at radius 2 is 1.49 bits per heavy atom. The second kappa shape index (κ2) is 14.0. The number of hydrogen-bond acceptors (Lipinski definition) is 4. The number of aryl methyl sites for hydroxylation is 1. The van der Waals surface area contributed by atoms with Crippen LogP contribution >= 0.6 is 12.4 Å². The number of β-amino-alcohol motifs (C(OH)–C–C–N with tert-alkyl or cyclic N) is 1. The van der Waals surface area contributed by atoms with Gasteiger partial charge in [0.25, 0.3) is 0 Å². The SMILES string of the molecule is Cl.O=C(CCc1ccccc1)c1ccccc1OCC(O)CN1CCC(Cc2ccccc2)CC1. The number of likely N-dealkylation sites (tertiary alicyclic amines) is 1. The van der Waals surface area contributed by atoms with Crippen LogP contribution in [0.4, 0.5) is 0 Å². The topological polar surface area (TPSA) is 49.8 Å². The number of benzene rings is 3. The van der Waals surface area contributed by atoms with Crippen molar-refractivity contribution in [3.63, 3.8) is 0 Å². The van der Waals surface area contributed by atoms with E-state index in [1.54, 1.807) is 0 Å². The van der Waals surface area contributed by atoms with E-state index in [-0.39, 0.29) is 24.8 Å². The Morgan fingerprint density at radius 1 is 0.886 bits per heavy atom. The van der Waals surface area contributed by atoms with E-state index in [0.717, 1.165) is 37.9 Å². The van der Waals surface area contributed by atoms with Crippen LogP contribution in [-0.2, 0) is 12.8 Å². The zero-order chi connectivity index (χ0) is 23.6. The average Bonchev–Trinajstić information content (AvgIpc) is 2.88. The molecule has 1 atom stereocenters. The Morgan fingerprint density at radius 3 is 2.17 bits per heavy atom. The van der Waals surface area contributed by atoms with Gasteiger partial charge in [0.1, 0.15) is 18.5 Å². The van der Waals surface area contributed by atoms with Crippen LogP contribution in [0.25, 0.3) is 0 Å². The maximum absolute atomic E-state index is 12.8. The van der Waals surface area contributed by atoms with Crippen LogP contribution in [0.3, 0.4) is 0 Å². The van der Waals surface area contributed by atoms with E-state index < -0.39 is 6.10 Å². The molecule has 1 unspecified atom stereocenters. The number of aliphatic hydroxyl groups excluding tert-OH is 1. The van der Waals surface area contributed by atoms with E-state index >= 15 is 0 Å². The second-order valence-corrected chi connectivity index (χ2v) is 9.30. The van der Waals surface area contributed by atoms with E-state index in [9.17, 15) is 9.90 Å². The molecule has 3 aromatic carbocycles. The molecule has 1 aliphatic rings. The van der Waals surface area contributed by atoms with Crippen LogP contribution in [0.1, 0.15) is 40.7 Å². The molecule has 1 saturated heterocycles. The number of carbonyl (C=O) groups is 1. The summed E-state index contributed by atoms with van der Waals surface area (Å²) in [5.41, 5.74) is 3.15. The molecule has 3 aromatic rings. The highest BCUT2D eigenvalue weighted by atomic mass is 35.5. The van der Waals surface area contributed by atoms with Crippen LogP contribution < -0.4 is 4.74 Å². The molecule has 0 spiro atoms. The number of Topliss-reactive ketones (excluding diaryl/α,β-unsaturated/α-hetero) is 1. The van der Waals surface area contributed by atoms with Gasteiger partial charge in [-0.05, 0) is 68.0 Å². The highest BCUT2D eigenvalue weighted by Crippen LogP contribution is 2.23. The summed E-state index contributed by atoms with van der Waals surface area (Å²) in [6.45, 7) is 2.79. The Balaban J connectivity index is 0.00000342. The van der Waals surface area contributed by atoms with Gasteiger partial charge in [0.2, 0.25) is 0 Å². The first-order valence-electron chi connectivity index (χ1n) is 12.4. The normalized spacial score (nSPS) is 15.2. The number of para-hydroxylation sites is 1. The summed E-state index contributed by atoms with van der Waals surface area (Å²) in [4.78, 5) is 15.1. The van der Waals surface area contributed by atoms with E-state index in [0.29, 0.717) is 36.6 Å². The molecule has 0 radical (unpaired) electrons. The van der Waals surface area contributed by atoms with Crippen LogP contribution in [0, 0.1) is 5.92 Å². The third kappa shape index (κ3) is 8.50. The summed E-state index contributed by atoms with van der Waals surface area (Å²) < 4.78 is 5.92. The van der Waals surface area contributed by atoms with Gasteiger partial charge >= 0.3 is 0 Å². The quantitative estimate of drug-likeness (QED) is 0.352. The molecule has 5 heteroatoms. The van der Waals surface area contributed by atoms with E-state index in [2.05, 4.69) is 35.2 Å². The number of aliphatic hydroxyl groups is 1. The Hall–Kier alpha value is -2.66. The Bertz CT molecular complexity index is 1020. The van der Waals surface area contributed by atoms with Crippen LogP contribution in [0.5, 0.6) is 5.75 Å². The van der Waals surface area contributed by atoms with Gasteiger partial charge in [-0.25, -0.2) is 0 Å². The molecule has 1 aliphatic heterocycles. The van der Waals surface area contributed by atoms with Crippen molar-refractivity contribution in [1.82, 2.24) is 4.90 Å². The number of rotatable bonds is 11. The standard InChI is InChI=1S/C30H35NO3.ClH/c32-27(22-31-19-17-26(18-20-31)21-25-11-5-2-6-12-25)23-34-30-14-8-7-13-28(30)29(33)16-15-24-9-3-1-4-10-24;/h1-14,26-27,32H,15-23H2;1H. The number of ether oxygens (including phenoxy) is 1. The van der Waals surface area contributed by atoms with Crippen molar-refractivity contribution in [3.8, 4) is 5.75 Å². The van der Waals surface area contributed by atoms with Crippen molar-refractivity contribution in [2.24, 2.45) is 5.92 Å². The highest BCUT2D eigenvalue weighted by molar-refractivity contribution is 5.98. The summed E-state index contributed by atoms with van der Waals surface area (Å²) in [5.74, 6) is 1.33. The van der Waals surface area contributed by atoms with E-state index in [1.807, 2.05) is 54.6 Å². The Labute approximate surface area is 215 Å². The first-order valence-corrected chi connectivity index (χ1v) is 12.4. The highest BCUT2D eigenvalue weighted by Gasteiger charge is 2.22. The van der Waals surface area contributed by atoms with Crippen molar-refractivity contribution >= 4 is 18.2 Å². The minimum atomic E-state index is -0.585. The van der Waals surface area contributed by atoms with E-state index in [4.69, 9.17) is 4.74 Å². The van der Waals surface area contributed by atoms with Gasteiger partial charge in [-0.1, -0.05) is 72.8 Å². The van der Waals surface area contributed by atoms with Crippen LogP contribution in [0.15, 0.2) is 84.9 Å². The first kappa shape index (κ1) is 26.9. The lowest BCUT2D eigenvalue weighted by Crippen LogP contribution is -2.41. The van der Waals surface area contributed by atoms with Gasteiger partial charge in [-0.3, -0.25) is 4.79 Å². The molecule has 1 N–H and O–H groups in total. The number of nitrogens with zero attached hydrogens (tertiary/aromatic N) is 1. The molecule has 0 aromatic heterocycles. The summed E-state index contributed by atoms with van der Waals surface area (Å²) in [6.07, 6.45) is 4.00. The lowest BCUT2D eigenvalue weighted by Gasteiger charge is -2.33. The number of ketones is 1. The maximum atomic E-state index is 12.8. The predicted molar refractivity (Wildman–Crippen MR) is 144 cm³/mol. The minimum absolute atomic E-state index is 0. The molecule has 4 nitrogen and oxygen atoms in total. The molecule has 0 aliphatic carbocycles. The third-order valence-electron chi connectivity index (χ3n) is 6.65. The monoisotopic (exact) mass is 493 g/mol. The Kier molecular flexibility index (Phi) is 10.8. The zero-order valence-electron chi connectivity index (χ0n) is 20.2. The zero-order valence-corrected chi connectivity index (χ0v) is 21.0. The predicted octanol–water partition coefficient (Wildman–Crippen LogP) is 5.62. The lowest BCUT2D eigenvalue weighted by molar-refractivity contribution is 0.0546. The van der Waals surface area contributed by atoms with Crippen LogP contribution in [0.2, 0.25) is 0 Å². The summed E-state index contributed by atoms with van der Waals surface area (Å²) in [5, 5.41) is 10.6. The summed E-state index contributed by atoms with van der Waals surface area (Å²) >= 11 is 0.